The van der Waals surface area contributed by atoms with Crippen LogP contribution in [0.1, 0.15) is 111 Å². The van der Waals surface area contributed by atoms with Crippen LogP contribution in [0.3, 0.4) is 0 Å². The molecule has 1 N–H and O–H groups in total. The number of hydrogen-bond donors (Lipinski definition) is 1. The summed E-state index contributed by atoms with van der Waals surface area (Å²) in [4.78, 5) is 26.1. The Morgan fingerprint density at radius 3 is 2.24 bits per heavy atom. The van der Waals surface area contributed by atoms with E-state index >= 15 is 0 Å². The number of esters is 1. The van der Waals surface area contributed by atoms with E-state index in [2.05, 4.69) is 42.6 Å². The summed E-state index contributed by atoms with van der Waals surface area (Å²) < 4.78 is 11.4. The van der Waals surface area contributed by atoms with Crippen LogP contribution in [0, 0.1) is 5.41 Å². The number of unbranched alkanes of at least 4 members (excludes halogenated alkanes) is 7. The molecule has 2 saturated heterocycles. The van der Waals surface area contributed by atoms with Crippen LogP contribution in [-0.4, -0.2) is 69.6 Å². The van der Waals surface area contributed by atoms with E-state index in [0.717, 1.165) is 6.42 Å². The number of amides is 1. The molecule has 2 fully saturated rings. The van der Waals surface area contributed by atoms with Crippen molar-refractivity contribution in [2.75, 3.05) is 25.2 Å². The van der Waals surface area contributed by atoms with Gasteiger partial charge in [-0.25, -0.2) is 4.79 Å². The molecule has 0 bridgehead atoms. The van der Waals surface area contributed by atoms with Gasteiger partial charge >= 0.3 is 5.97 Å². The van der Waals surface area contributed by atoms with Crippen molar-refractivity contribution < 1.29 is 24.2 Å². The Morgan fingerprint density at radius 1 is 1.05 bits per heavy atom. The zero-order valence-electron chi connectivity index (χ0n) is 24.5. The highest BCUT2D eigenvalue weighted by atomic mass is 32.2. The highest BCUT2D eigenvalue weighted by molar-refractivity contribution is 8.21. The summed E-state index contributed by atoms with van der Waals surface area (Å²) in [7, 11) is 1.28. The highest BCUT2D eigenvalue weighted by Gasteiger charge is 2.60. The Balaban J connectivity index is 1.71. The summed E-state index contributed by atoms with van der Waals surface area (Å²) in [6.07, 6.45) is 18.4. The zero-order chi connectivity index (χ0) is 28.1. The van der Waals surface area contributed by atoms with Crippen molar-refractivity contribution in [3.63, 3.8) is 0 Å². The molecule has 0 spiro atoms. The number of ether oxygens (including phenoxy) is 2. The zero-order valence-corrected chi connectivity index (χ0v) is 26.2. The minimum Gasteiger partial charge on any atom is -0.467 e. The van der Waals surface area contributed by atoms with E-state index in [1.807, 2.05) is 20.8 Å². The number of aliphatic hydroxyl groups is 1. The Bertz CT molecular complexity index is 735. The fourth-order valence-electron chi connectivity index (χ4n) is 5.60. The SMILES string of the molecule is CCCCCCC1(CCCCCC/C=C/CC[C@@H](O)[C@]2(C(=O)OC)CO[C@@H](C(C)(C)C)N2C=O)SCCS1. The smallest absolute Gasteiger partial charge is 0.337 e. The predicted octanol–water partition coefficient (Wildman–Crippen LogP) is 6.94. The van der Waals surface area contributed by atoms with Crippen molar-refractivity contribution in [1.82, 2.24) is 4.90 Å². The van der Waals surface area contributed by atoms with E-state index in [-0.39, 0.29) is 6.61 Å². The van der Waals surface area contributed by atoms with Crippen molar-refractivity contribution in [2.45, 2.75) is 133 Å². The van der Waals surface area contributed by atoms with Crippen molar-refractivity contribution >= 4 is 35.9 Å². The number of carbonyl (C=O) groups is 2. The Kier molecular flexibility index (Phi) is 14.6. The monoisotopic (exact) mass is 571 g/mol. The largest absolute Gasteiger partial charge is 0.467 e. The van der Waals surface area contributed by atoms with Crippen LogP contribution in [0.15, 0.2) is 12.2 Å². The minimum atomic E-state index is -1.51. The first-order valence-corrected chi connectivity index (χ1v) is 16.7. The molecule has 8 heteroatoms. The molecule has 220 valence electrons. The molecule has 0 aliphatic carbocycles. The predicted molar refractivity (Wildman–Crippen MR) is 160 cm³/mol. The standard InChI is InChI=1S/C30H53NO5S2/c1-6-7-8-16-19-29(37-21-22-38-29)20-17-14-12-10-9-11-13-15-18-25(33)30(27(34)35-5)23-36-26(28(2,3)4)31(30)24-32/h11,13,24-26,33H,6-10,12,14-23H2,1-5H3/b13-11+/t25-,26+,30+/m1/s1. The van der Waals surface area contributed by atoms with Gasteiger partial charge in [0.25, 0.3) is 0 Å². The van der Waals surface area contributed by atoms with Crippen molar-refractivity contribution in [3.8, 4) is 0 Å². The number of hydrogen-bond acceptors (Lipinski definition) is 7. The number of rotatable bonds is 18. The maximum Gasteiger partial charge on any atom is 0.337 e. The number of allylic oxidation sites excluding steroid dienone is 2. The summed E-state index contributed by atoms with van der Waals surface area (Å²) >= 11 is 4.43. The molecule has 0 saturated carbocycles. The molecule has 3 atom stereocenters. The molecule has 1 amide bonds. The van der Waals surface area contributed by atoms with E-state index in [4.69, 9.17) is 9.47 Å². The van der Waals surface area contributed by atoms with Crippen LogP contribution >= 0.6 is 23.5 Å². The lowest BCUT2D eigenvalue weighted by Crippen LogP contribution is -2.63. The van der Waals surface area contributed by atoms with Gasteiger partial charge in [-0.05, 0) is 38.5 Å². The van der Waals surface area contributed by atoms with E-state index < -0.39 is 29.3 Å². The van der Waals surface area contributed by atoms with Gasteiger partial charge in [-0.3, -0.25) is 9.69 Å². The topological polar surface area (TPSA) is 76.1 Å². The number of thioether (sulfide) groups is 2. The van der Waals surface area contributed by atoms with E-state index in [9.17, 15) is 14.7 Å². The molecule has 0 aromatic heterocycles. The summed E-state index contributed by atoms with van der Waals surface area (Å²) in [6.45, 7) is 8.04. The second-order valence-corrected chi connectivity index (χ2v) is 15.1. The van der Waals surface area contributed by atoms with Crippen LogP contribution in [0.25, 0.3) is 0 Å². The summed E-state index contributed by atoms with van der Waals surface area (Å²) in [5, 5.41) is 11.1. The maximum absolute atomic E-state index is 12.8. The lowest BCUT2D eigenvalue weighted by Gasteiger charge is -2.40. The molecular formula is C30H53NO5S2. The van der Waals surface area contributed by atoms with Gasteiger partial charge in [0, 0.05) is 16.9 Å². The number of aliphatic hydroxyl groups excluding tert-OH is 1. The third kappa shape index (κ3) is 9.17. The van der Waals surface area contributed by atoms with Gasteiger partial charge in [0.05, 0.1) is 23.9 Å². The fourth-order valence-corrected chi connectivity index (χ4v) is 9.00. The van der Waals surface area contributed by atoms with Crippen LogP contribution in [0.4, 0.5) is 0 Å². The van der Waals surface area contributed by atoms with E-state index in [1.54, 1.807) is 0 Å². The summed E-state index contributed by atoms with van der Waals surface area (Å²) in [5.74, 6) is 2.00. The van der Waals surface area contributed by atoms with Crippen molar-refractivity contribution in [2.24, 2.45) is 5.41 Å². The molecule has 38 heavy (non-hydrogen) atoms. The third-order valence-corrected chi connectivity index (χ3v) is 11.4. The maximum atomic E-state index is 12.8. The molecule has 0 aromatic rings. The van der Waals surface area contributed by atoms with E-state index in [0.29, 0.717) is 23.3 Å². The van der Waals surface area contributed by atoms with Crippen LogP contribution in [0.5, 0.6) is 0 Å². The van der Waals surface area contributed by atoms with Gasteiger partial charge in [-0.2, -0.15) is 0 Å². The number of carbonyl (C=O) groups excluding carboxylic acids is 2. The van der Waals surface area contributed by atoms with Crippen LogP contribution < -0.4 is 0 Å². The first-order valence-electron chi connectivity index (χ1n) is 14.7. The first kappa shape index (κ1) is 33.5. The molecule has 0 radical (unpaired) electrons. The van der Waals surface area contributed by atoms with Gasteiger partial charge in [0.15, 0.2) is 5.54 Å². The molecule has 2 aliphatic rings. The number of methoxy groups -OCH3 is 1. The third-order valence-electron chi connectivity index (χ3n) is 7.80. The lowest BCUT2D eigenvalue weighted by atomic mass is 9.86. The summed E-state index contributed by atoms with van der Waals surface area (Å²) in [6, 6.07) is 0. The van der Waals surface area contributed by atoms with Gasteiger partial charge in [-0.1, -0.05) is 84.8 Å². The minimum absolute atomic E-state index is 0.0672. The first-order chi connectivity index (χ1) is 18.2. The lowest BCUT2D eigenvalue weighted by molar-refractivity contribution is -0.167. The Labute approximate surface area is 240 Å². The molecule has 0 aromatic carbocycles. The Morgan fingerprint density at radius 2 is 1.66 bits per heavy atom. The second-order valence-electron chi connectivity index (χ2n) is 11.9. The molecule has 2 aliphatic heterocycles. The molecular weight excluding hydrogens is 518 g/mol. The van der Waals surface area contributed by atoms with E-state index in [1.165, 1.54) is 87.7 Å². The normalized spacial score (nSPS) is 24.3. The summed E-state index contributed by atoms with van der Waals surface area (Å²) in [5.41, 5.74) is -1.91. The van der Waals surface area contributed by atoms with Crippen LogP contribution in [0.2, 0.25) is 0 Å². The fraction of sp³-hybridized carbons (Fsp3) is 0.867. The molecule has 0 unspecified atom stereocenters. The number of nitrogens with zero attached hydrogens (tertiary/aromatic N) is 1. The molecule has 2 heterocycles. The molecule has 6 nitrogen and oxygen atoms in total. The van der Waals surface area contributed by atoms with Gasteiger partial charge in [-0.15, -0.1) is 23.5 Å². The Hall–Kier alpha value is -0.700. The average Bonchev–Trinajstić information content (AvgIpc) is 3.53. The second kappa shape index (κ2) is 16.5. The van der Waals surface area contributed by atoms with Gasteiger partial charge in [0.2, 0.25) is 6.41 Å². The van der Waals surface area contributed by atoms with Gasteiger partial charge in [0.1, 0.15) is 6.23 Å². The quantitative estimate of drug-likeness (QED) is 0.0826. The highest BCUT2D eigenvalue weighted by Crippen LogP contribution is 2.50. The molecule has 2 rings (SSSR count). The van der Waals surface area contributed by atoms with Crippen molar-refractivity contribution in [1.29, 1.82) is 0 Å². The average molecular weight is 572 g/mol. The van der Waals surface area contributed by atoms with Crippen molar-refractivity contribution in [3.05, 3.63) is 12.2 Å². The van der Waals surface area contributed by atoms with Gasteiger partial charge < -0.3 is 14.6 Å². The van der Waals surface area contributed by atoms with Crippen LogP contribution in [-0.2, 0) is 19.1 Å².